The third-order valence-corrected chi connectivity index (χ3v) is 2.75. The number of anilines is 1. The predicted molar refractivity (Wildman–Crippen MR) is 52.7 cm³/mol. The largest absolute Gasteiger partial charge is 0.349 e. The minimum atomic E-state index is 0.223. The molecular formula is C8H16N6. The SMILES string of the molecule is Cn1nnnc1N[C@@H]1CCCC[C@H]1N. The lowest BCUT2D eigenvalue weighted by atomic mass is 9.91. The number of aryl methyl sites for hydroxylation is 1. The van der Waals surface area contributed by atoms with Gasteiger partial charge in [0.2, 0.25) is 5.95 Å². The number of aromatic nitrogens is 4. The Kier molecular flexibility index (Phi) is 2.62. The van der Waals surface area contributed by atoms with Gasteiger partial charge >= 0.3 is 0 Å². The summed E-state index contributed by atoms with van der Waals surface area (Å²) in [6.07, 6.45) is 4.66. The molecule has 1 aromatic rings. The van der Waals surface area contributed by atoms with Crippen LogP contribution in [0.15, 0.2) is 0 Å². The zero-order chi connectivity index (χ0) is 9.97. The van der Waals surface area contributed by atoms with Crippen molar-refractivity contribution in [3.63, 3.8) is 0 Å². The van der Waals surface area contributed by atoms with Gasteiger partial charge in [-0.2, -0.15) is 0 Å². The van der Waals surface area contributed by atoms with E-state index in [0.29, 0.717) is 12.0 Å². The zero-order valence-corrected chi connectivity index (χ0v) is 8.35. The molecule has 0 bridgehead atoms. The van der Waals surface area contributed by atoms with Crippen LogP contribution in [-0.2, 0) is 7.05 Å². The van der Waals surface area contributed by atoms with Gasteiger partial charge in [0.1, 0.15) is 0 Å². The molecule has 0 aliphatic heterocycles. The molecule has 1 heterocycles. The summed E-state index contributed by atoms with van der Waals surface area (Å²) in [6.45, 7) is 0. The van der Waals surface area contributed by atoms with E-state index < -0.39 is 0 Å². The fourth-order valence-corrected chi connectivity index (χ4v) is 1.86. The smallest absolute Gasteiger partial charge is 0.242 e. The first-order chi connectivity index (χ1) is 6.77. The standard InChI is InChI=1S/C8H16N6/c1-14-8(11-12-13-14)10-7-5-3-2-4-6(7)9/h6-7H,2-5,9H2,1H3,(H,10,11,13)/t6-,7-/m1/s1. The zero-order valence-electron chi connectivity index (χ0n) is 8.35. The Morgan fingerprint density at radius 1 is 1.43 bits per heavy atom. The molecule has 1 aliphatic carbocycles. The normalized spacial score (nSPS) is 27.6. The van der Waals surface area contributed by atoms with Crippen molar-refractivity contribution in [3.8, 4) is 0 Å². The summed E-state index contributed by atoms with van der Waals surface area (Å²) >= 11 is 0. The lowest BCUT2D eigenvalue weighted by Gasteiger charge is -2.29. The third-order valence-electron chi connectivity index (χ3n) is 2.75. The van der Waals surface area contributed by atoms with Gasteiger partial charge in [-0.3, -0.25) is 0 Å². The first-order valence-electron chi connectivity index (χ1n) is 5.02. The molecule has 3 N–H and O–H groups in total. The number of nitrogens with one attached hydrogen (secondary N) is 1. The number of hydrogen-bond acceptors (Lipinski definition) is 5. The summed E-state index contributed by atoms with van der Waals surface area (Å²) in [5.74, 6) is 0.701. The average molecular weight is 196 g/mol. The van der Waals surface area contributed by atoms with Gasteiger partial charge in [-0.15, -0.1) is 0 Å². The first kappa shape index (κ1) is 9.39. The molecule has 1 fully saturated rings. The van der Waals surface area contributed by atoms with Crippen LogP contribution in [0.2, 0.25) is 0 Å². The van der Waals surface area contributed by atoms with Crippen molar-refractivity contribution >= 4 is 5.95 Å². The fraction of sp³-hybridized carbons (Fsp3) is 0.875. The van der Waals surface area contributed by atoms with E-state index in [4.69, 9.17) is 5.73 Å². The molecule has 0 radical (unpaired) electrons. The van der Waals surface area contributed by atoms with Gasteiger partial charge in [0.25, 0.3) is 0 Å². The van der Waals surface area contributed by atoms with Crippen LogP contribution in [0.25, 0.3) is 0 Å². The van der Waals surface area contributed by atoms with Crippen molar-refractivity contribution < 1.29 is 0 Å². The Morgan fingerprint density at radius 2 is 2.21 bits per heavy atom. The molecule has 1 aliphatic rings. The van der Waals surface area contributed by atoms with Crippen LogP contribution in [-0.4, -0.2) is 32.3 Å². The van der Waals surface area contributed by atoms with Gasteiger partial charge in [0.15, 0.2) is 0 Å². The number of nitrogens with two attached hydrogens (primary N) is 1. The van der Waals surface area contributed by atoms with E-state index in [1.165, 1.54) is 12.8 Å². The van der Waals surface area contributed by atoms with Crippen molar-refractivity contribution in [2.45, 2.75) is 37.8 Å². The molecule has 0 amide bonds. The van der Waals surface area contributed by atoms with Crippen LogP contribution in [0.3, 0.4) is 0 Å². The molecule has 1 saturated carbocycles. The van der Waals surface area contributed by atoms with Crippen LogP contribution < -0.4 is 11.1 Å². The Balaban J connectivity index is 1.99. The molecule has 0 saturated heterocycles. The molecular weight excluding hydrogens is 180 g/mol. The van der Waals surface area contributed by atoms with E-state index in [9.17, 15) is 0 Å². The quantitative estimate of drug-likeness (QED) is 0.690. The van der Waals surface area contributed by atoms with Crippen molar-refractivity contribution in [2.75, 3.05) is 5.32 Å². The van der Waals surface area contributed by atoms with Gasteiger partial charge < -0.3 is 11.1 Å². The highest BCUT2D eigenvalue weighted by Crippen LogP contribution is 2.19. The van der Waals surface area contributed by atoms with Crippen molar-refractivity contribution in [1.29, 1.82) is 0 Å². The molecule has 2 atom stereocenters. The molecule has 14 heavy (non-hydrogen) atoms. The molecule has 1 aromatic heterocycles. The Hall–Kier alpha value is -1.17. The summed E-state index contributed by atoms with van der Waals surface area (Å²) in [4.78, 5) is 0. The Labute approximate surface area is 82.9 Å². The van der Waals surface area contributed by atoms with Crippen LogP contribution >= 0.6 is 0 Å². The molecule has 6 nitrogen and oxygen atoms in total. The van der Waals surface area contributed by atoms with Gasteiger partial charge in [-0.1, -0.05) is 17.9 Å². The number of hydrogen-bond donors (Lipinski definition) is 2. The Morgan fingerprint density at radius 3 is 2.86 bits per heavy atom. The van der Waals surface area contributed by atoms with Crippen LogP contribution in [0.4, 0.5) is 5.95 Å². The summed E-state index contributed by atoms with van der Waals surface area (Å²) in [5, 5.41) is 14.5. The van der Waals surface area contributed by atoms with Gasteiger partial charge in [0, 0.05) is 19.1 Å². The highest BCUT2D eigenvalue weighted by atomic mass is 15.6. The highest BCUT2D eigenvalue weighted by molar-refractivity contribution is 5.24. The molecule has 0 spiro atoms. The molecule has 2 rings (SSSR count). The second-order valence-electron chi connectivity index (χ2n) is 3.83. The summed E-state index contributed by atoms with van der Waals surface area (Å²) in [7, 11) is 1.82. The second kappa shape index (κ2) is 3.91. The van der Waals surface area contributed by atoms with E-state index in [1.54, 1.807) is 4.68 Å². The fourth-order valence-electron chi connectivity index (χ4n) is 1.86. The summed E-state index contributed by atoms with van der Waals surface area (Å²) < 4.78 is 1.63. The van der Waals surface area contributed by atoms with Crippen LogP contribution in [0.1, 0.15) is 25.7 Å². The molecule has 0 unspecified atom stereocenters. The van der Waals surface area contributed by atoms with Crippen molar-refractivity contribution in [1.82, 2.24) is 20.2 Å². The highest BCUT2D eigenvalue weighted by Gasteiger charge is 2.22. The first-order valence-corrected chi connectivity index (χ1v) is 5.02. The number of nitrogens with zero attached hydrogens (tertiary/aromatic N) is 4. The molecule has 0 aromatic carbocycles. The Bertz CT molecular complexity index is 296. The van der Waals surface area contributed by atoms with Crippen LogP contribution in [0.5, 0.6) is 0 Å². The van der Waals surface area contributed by atoms with Gasteiger partial charge in [-0.25, -0.2) is 4.68 Å². The van der Waals surface area contributed by atoms with E-state index >= 15 is 0 Å². The predicted octanol–water partition coefficient (Wildman–Crippen LogP) is -0.108. The van der Waals surface area contributed by atoms with Gasteiger partial charge in [-0.05, 0) is 23.3 Å². The van der Waals surface area contributed by atoms with Crippen LogP contribution in [0, 0.1) is 0 Å². The average Bonchev–Trinajstić information content (AvgIpc) is 2.56. The molecule has 78 valence electrons. The lowest BCUT2D eigenvalue weighted by molar-refractivity contribution is 0.401. The van der Waals surface area contributed by atoms with E-state index in [0.717, 1.165) is 12.8 Å². The van der Waals surface area contributed by atoms with Crippen molar-refractivity contribution in [2.24, 2.45) is 12.8 Å². The minimum absolute atomic E-state index is 0.223. The minimum Gasteiger partial charge on any atom is -0.349 e. The maximum absolute atomic E-state index is 6.01. The topological polar surface area (TPSA) is 81.7 Å². The van der Waals surface area contributed by atoms with E-state index in [-0.39, 0.29) is 6.04 Å². The van der Waals surface area contributed by atoms with Crippen molar-refractivity contribution in [3.05, 3.63) is 0 Å². The maximum Gasteiger partial charge on any atom is 0.242 e. The van der Waals surface area contributed by atoms with Gasteiger partial charge in [0.05, 0.1) is 0 Å². The number of tetrazole rings is 1. The summed E-state index contributed by atoms with van der Waals surface area (Å²) in [6, 6.07) is 0.536. The van der Waals surface area contributed by atoms with E-state index in [2.05, 4.69) is 20.8 Å². The number of rotatable bonds is 2. The summed E-state index contributed by atoms with van der Waals surface area (Å²) in [5.41, 5.74) is 6.01. The second-order valence-corrected chi connectivity index (χ2v) is 3.83. The lowest BCUT2D eigenvalue weighted by Crippen LogP contribution is -2.43. The monoisotopic (exact) mass is 196 g/mol. The van der Waals surface area contributed by atoms with E-state index in [1.807, 2.05) is 7.05 Å². The third kappa shape index (κ3) is 1.84. The molecule has 6 heteroatoms. The maximum atomic E-state index is 6.01.